The average molecular weight is 400 g/mol. The smallest absolute Gasteiger partial charge is 0.296 e. The third-order valence-corrected chi connectivity index (χ3v) is 4.47. The second-order valence-electron chi connectivity index (χ2n) is 5.60. The molecule has 0 aliphatic rings. The third-order valence-electron chi connectivity index (χ3n) is 3.65. The number of thioether (sulfide) groups is 1. The Kier molecular flexibility index (Phi) is 6.22. The number of ether oxygens (including phenoxy) is 1. The number of nitro benzene ring substituents is 1. The molecule has 3 rings (SSSR count). The molecule has 0 fully saturated rings. The normalized spacial score (nSPS) is 10.5. The predicted molar refractivity (Wildman–Crippen MR) is 103 cm³/mol. The van der Waals surface area contributed by atoms with Crippen molar-refractivity contribution in [3.05, 3.63) is 70.1 Å². The van der Waals surface area contributed by atoms with Crippen molar-refractivity contribution in [2.75, 3.05) is 18.2 Å². The van der Waals surface area contributed by atoms with Gasteiger partial charge in [0.05, 0.1) is 30.3 Å². The van der Waals surface area contributed by atoms with Crippen molar-refractivity contribution in [1.82, 2.24) is 10.2 Å². The lowest BCUT2D eigenvalue weighted by atomic mass is 10.2. The Morgan fingerprint density at radius 2 is 2.04 bits per heavy atom. The molecular formula is C18H16N4O5S. The van der Waals surface area contributed by atoms with Crippen LogP contribution in [0.1, 0.15) is 11.5 Å². The molecule has 28 heavy (non-hydrogen) atoms. The van der Waals surface area contributed by atoms with Gasteiger partial charge in [-0.15, -0.1) is 10.2 Å². The number of methoxy groups -OCH3 is 1. The van der Waals surface area contributed by atoms with E-state index in [0.717, 1.165) is 17.3 Å². The summed E-state index contributed by atoms with van der Waals surface area (Å²) in [6.45, 7) is 0. The summed E-state index contributed by atoms with van der Waals surface area (Å²) in [5, 5.41) is 21.8. The van der Waals surface area contributed by atoms with Crippen molar-refractivity contribution in [3.63, 3.8) is 0 Å². The Morgan fingerprint density at radius 3 is 2.75 bits per heavy atom. The van der Waals surface area contributed by atoms with E-state index >= 15 is 0 Å². The Labute approximate surface area is 164 Å². The van der Waals surface area contributed by atoms with Crippen LogP contribution in [0.25, 0.3) is 0 Å². The van der Waals surface area contributed by atoms with E-state index in [1.807, 2.05) is 30.3 Å². The largest absolute Gasteiger partial charge is 0.496 e. The van der Waals surface area contributed by atoms with Gasteiger partial charge in [-0.05, 0) is 17.7 Å². The van der Waals surface area contributed by atoms with Gasteiger partial charge in [0.15, 0.2) is 0 Å². The van der Waals surface area contributed by atoms with Gasteiger partial charge < -0.3 is 14.5 Å². The van der Waals surface area contributed by atoms with Gasteiger partial charge in [0.25, 0.3) is 10.9 Å². The zero-order valence-corrected chi connectivity index (χ0v) is 15.6. The Balaban J connectivity index is 1.57. The van der Waals surface area contributed by atoms with Crippen LogP contribution in [0.5, 0.6) is 5.75 Å². The number of nitrogens with one attached hydrogen (secondary N) is 1. The number of benzene rings is 2. The fourth-order valence-electron chi connectivity index (χ4n) is 2.35. The fraction of sp³-hybridized carbons (Fsp3) is 0.167. The first-order valence-electron chi connectivity index (χ1n) is 8.16. The zero-order valence-electron chi connectivity index (χ0n) is 14.8. The Bertz CT molecular complexity index is 977. The van der Waals surface area contributed by atoms with Crippen LogP contribution in [-0.2, 0) is 11.2 Å². The number of amides is 1. The summed E-state index contributed by atoms with van der Waals surface area (Å²) in [6.07, 6.45) is 0.499. The van der Waals surface area contributed by atoms with E-state index in [0.29, 0.717) is 18.1 Å². The molecule has 0 unspecified atom stereocenters. The van der Waals surface area contributed by atoms with Crippen LogP contribution in [0.15, 0.2) is 58.2 Å². The van der Waals surface area contributed by atoms with Gasteiger partial charge in [0.1, 0.15) is 11.4 Å². The number of hydrogen-bond donors (Lipinski definition) is 1. The lowest BCUT2D eigenvalue weighted by molar-refractivity contribution is -0.384. The fourth-order valence-corrected chi connectivity index (χ4v) is 2.93. The van der Waals surface area contributed by atoms with Crippen LogP contribution < -0.4 is 10.1 Å². The Morgan fingerprint density at radius 1 is 1.25 bits per heavy atom. The number of hydrogen-bond acceptors (Lipinski definition) is 8. The molecule has 3 aromatic rings. The molecule has 0 bridgehead atoms. The first-order valence-corrected chi connectivity index (χ1v) is 9.15. The summed E-state index contributed by atoms with van der Waals surface area (Å²) in [5.74, 6) is 0.313. The second-order valence-corrected chi connectivity index (χ2v) is 6.53. The summed E-state index contributed by atoms with van der Waals surface area (Å²) in [5.41, 5.74) is 0.875. The van der Waals surface area contributed by atoms with E-state index in [-0.39, 0.29) is 22.4 Å². The minimum atomic E-state index is -0.584. The van der Waals surface area contributed by atoms with Gasteiger partial charge in [-0.2, -0.15) is 0 Å². The maximum atomic E-state index is 12.1. The van der Waals surface area contributed by atoms with Crippen LogP contribution in [-0.4, -0.2) is 33.9 Å². The first-order chi connectivity index (χ1) is 13.5. The molecule has 1 aromatic heterocycles. The molecule has 2 aromatic carbocycles. The molecule has 0 aliphatic heterocycles. The van der Waals surface area contributed by atoms with Gasteiger partial charge in [-0.25, -0.2) is 0 Å². The van der Waals surface area contributed by atoms with Crippen molar-refractivity contribution in [2.24, 2.45) is 0 Å². The van der Waals surface area contributed by atoms with E-state index in [4.69, 9.17) is 9.15 Å². The molecule has 144 valence electrons. The van der Waals surface area contributed by atoms with Gasteiger partial charge in [-0.1, -0.05) is 42.1 Å². The van der Waals surface area contributed by atoms with E-state index in [1.54, 1.807) is 0 Å². The molecule has 9 nitrogen and oxygen atoms in total. The van der Waals surface area contributed by atoms with Crippen molar-refractivity contribution in [2.45, 2.75) is 11.6 Å². The second kappa shape index (κ2) is 9.00. The monoisotopic (exact) mass is 400 g/mol. The number of nitro groups is 1. The highest BCUT2D eigenvalue weighted by Crippen LogP contribution is 2.29. The minimum Gasteiger partial charge on any atom is -0.496 e. The number of aromatic nitrogens is 2. The predicted octanol–water partition coefficient (Wildman–Crippen LogP) is 3.31. The molecule has 1 heterocycles. The SMILES string of the molecule is COc1ccc(NC(=O)CSc2nnc(Cc3ccccc3)o2)c([N+](=O)[O-])c1. The summed E-state index contributed by atoms with van der Waals surface area (Å²) in [4.78, 5) is 22.7. The first kappa shape index (κ1) is 19.4. The van der Waals surface area contributed by atoms with E-state index in [1.165, 1.54) is 25.3 Å². The number of rotatable bonds is 8. The van der Waals surface area contributed by atoms with Gasteiger partial charge in [-0.3, -0.25) is 14.9 Å². The highest BCUT2D eigenvalue weighted by molar-refractivity contribution is 7.99. The number of nitrogens with zero attached hydrogens (tertiary/aromatic N) is 3. The molecule has 1 N–H and O–H groups in total. The summed E-state index contributed by atoms with van der Waals surface area (Å²) in [7, 11) is 1.41. The van der Waals surface area contributed by atoms with Crippen LogP contribution in [0.2, 0.25) is 0 Å². The van der Waals surface area contributed by atoms with Crippen LogP contribution in [0, 0.1) is 10.1 Å². The van der Waals surface area contributed by atoms with Crippen molar-refractivity contribution >= 4 is 29.0 Å². The summed E-state index contributed by atoms with van der Waals surface area (Å²) < 4.78 is 10.5. The molecule has 0 atom stereocenters. The van der Waals surface area contributed by atoms with Crippen molar-refractivity contribution in [1.29, 1.82) is 0 Å². The van der Waals surface area contributed by atoms with Gasteiger partial charge >= 0.3 is 0 Å². The molecule has 10 heteroatoms. The van der Waals surface area contributed by atoms with Crippen LogP contribution in [0.3, 0.4) is 0 Å². The van der Waals surface area contributed by atoms with E-state index < -0.39 is 10.8 Å². The summed E-state index contributed by atoms with van der Waals surface area (Å²) >= 11 is 1.05. The highest BCUT2D eigenvalue weighted by Gasteiger charge is 2.18. The van der Waals surface area contributed by atoms with E-state index in [9.17, 15) is 14.9 Å². The maximum Gasteiger partial charge on any atom is 0.296 e. The van der Waals surface area contributed by atoms with Gasteiger partial charge in [0.2, 0.25) is 11.8 Å². The number of carbonyl (C=O) groups excluding carboxylic acids is 1. The Hall–Kier alpha value is -3.40. The molecular weight excluding hydrogens is 384 g/mol. The molecule has 0 saturated heterocycles. The highest BCUT2D eigenvalue weighted by atomic mass is 32.2. The average Bonchev–Trinajstić information content (AvgIpc) is 3.14. The topological polar surface area (TPSA) is 120 Å². The van der Waals surface area contributed by atoms with Gasteiger partial charge in [0, 0.05) is 0 Å². The molecule has 0 spiro atoms. The van der Waals surface area contributed by atoms with Crippen molar-refractivity contribution in [3.8, 4) is 5.75 Å². The van der Waals surface area contributed by atoms with E-state index in [2.05, 4.69) is 15.5 Å². The molecule has 0 saturated carbocycles. The van der Waals surface area contributed by atoms with Crippen molar-refractivity contribution < 1.29 is 18.9 Å². The number of carbonyl (C=O) groups is 1. The molecule has 0 radical (unpaired) electrons. The molecule has 0 aliphatic carbocycles. The number of anilines is 1. The lowest BCUT2D eigenvalue weighted by Crippen LogP contribution is -2.15. The minimum absolute atomic E-state index is 0.0316. The van der Waals surface area contributed by atoms with Crippen LogP contribution in [0.4, 0.5) is 11.4 Å². The quantitative estimate of drug-likeness (QED) is 0.347. The standard InChI is InChI=1S/C18H16N4O5S/c1-26-13-7-8-14(15(10-13)22(24)25)19-16(23)11-28-18-21-20-17(27-18)9-12-5-3-2-4-6-12/h2-8,10H,9,11H2,1H3,(H,19,23). The van der Waals surface area contributed by atoms with Crippen LogP contribution >= 0.6 is 11.8 Å². The third kappa shape index (κ3) is 5.07. The molecule has 1 amide bonds. The summed E-state index contributed by atoms with van der Waals surface area (Å²) in [6, 6.07) is 13.9. The lowest BCUT2D eigenvalue weighted by Gasteiger charge is -2.06. The maximum absolute atomic E-state index is 12.1. The zero-order chi connectivity index (χ0) is 19.9.